The van der Waals surface area contributed by atoms with Crippen LogP contribution >= 0.6 is 0 Å². The zero-order valence-electron chi connectivity index (χ0n) is 16.0. The molecule has 0 aliphatic rings. The molecule has 1 N–H and O–H groups in total. The van der Waals surface area contributed by atoms with Gasteiger partial charge in [-0.25, -0.2) is 9.07 Å². The van der Waals surface area contributed by atoms with E-state index < -0.39 is 0 Å². The van der Waals surface area contributed by atoms with Crippen molar-refractivity contribution in [3.05, 3.63) is 83.4 Å². The summed E-state index contributed by atoms with van der Waals surface area (Å²) in [6.45, 7) is 4.48. The number of aliphatic hydroxyl groups is 1. The maximum Gasteiger partial charge on any atom is 0.257 e. The van der Waals surface area contributed by atoms with Gasteiger partial charge in [0.15, 0.2) is 0 Å². The molecule has 0 bridgehead atoms. The van der Waals surface area contributed by atoms with Crippen molar-refractivity contribution < 1.29 is 14.3 Å². The molecule has 0 radical (unpaired) electrons. The van der Waals surface area contributed by atoms with E-state index in [1.807, 2.05) is 44.2 Å². The standard InChI is InChI=1S/C22H24FN3O2/c1-16(2)21-20(14-24-26(21)19-10-8-18(23)9-11-19)22(28)25(12-13-27)15-17-6-4-3-5-7-17/h3-11,14,16,27H,12-13,15H2,1-2H3. The van der Waals surface area contributed by atoms with E-state index in [1.165, 1.54) is 12.1 Å². The maximum atomic E-state index is 13.3. The van der Waals surface area contributed by atoms with Crippen molar-refractivity contribution in [3.63, 3.8) is 0 Å². The third-order valence-corrected chi connectivity index (χ3v) is 4.53. The largest absolute Gasteiger partial charge is 0.395 e. The SMILES string of the molecule is CC(C)c1c(C(=O)N(CCO)Cc2ccccc2)cnn1-c1ccc(F)cc1. The maximum absolute atomic E-state index is 13.3. The Hall–Kier alpha value is -2.99. The van der Waals surface area contributed by atoms with Gasteiger partial charge in [0.1, 0.15) is 5.82 Å². The van der Waals surface area contributed by atoms with Crippen LogP contribution in [0.15, 0.2) is 60.8 Å². The fourth-order valence-corrected chi connectivity index (χ4v) is 3.21. The molecule has 2 aromatic carbocycles. The zero-order valence-corrected chi connectivity index (χ0v) is 16.0. The lowest BCUT2D eigenvalue weighted by Crippen LogP contribution is -2.33. The van der Waals surface area contributed by atoms with Crippen LogP contribution in [0, 0.1) is 5.82 Å². The highest BCUT2D eigenvalue weighted by molar-refractivity contribution is 5.95. The second-order valence-electron chi connectivity index (χ2n) is 6.92. The Bertz CT molecular complexity index is 921. The Labute approximate surface area is 164 Å². The molecular formula is C22H24FN3O2. The number of rotatable bonds is 7. The number of benzene rings is 2. The van der Waals surface area contributed by atoms with Crippen LogP contribution < -0.4 is 0 Å². The van der Waals surface area contributed by atoms with Gasteiger partial charge in [-0.2, -0.15) is 5.10 Å². The summed E-state index contributed by atoms with van der Waals surface area (Å²) in [7, 11) is 0. The monoisotopic (exact) mass is 381 g/mol. The van der Waals surface area contributed by atoms with Crippen molar-refractivity contribution in [3.8, 4) is 5.69 Å². The van der Waals surface area contributed by atoms with Crippen molar-refractivity contribution >= 4 is 5.91 Å². The third-order valence-electron chi connectivity index (χ3n) is 4.53. The number of carbonyl (C=O) groups excluding carboxylic acids is 1. The molecule has 1 amide bonds. The summed E-state index contributed by atoms with van der Waals surface area (Å²) in [4.78, 5) is 14.9. The van der Waals surface area contributed by atoms with Gasteiger partial charge in [0, 0.05) is 13.1 Å². The first-order chi connectivity index (χ1) is 13.5. The van der Waals surface area contributed by atoms with E-state index in [1.54, 1.807) is 27.9 Å². The van der Waals surface area contributed by atoms with E-state index >= 15 is 0 Å². The van der Waals surface area contributed by atoms with Gasteiger partial charge in [0.05, 0.1) is 29.7 Å². The summed E-state index contributed by atoms with van der Waals surface area (Å²) in [5, 5.41) is 13.8. The van der Waals surface area contributed by atoms with E-state index in [0.717, 1.165) is 11.3 Å². The Kier molecular flexibility index (Phi) is 6.21. The topological polar surface area (TPSA) is 58.4 Å². The lowest BCUT2D eigenvalue weighted by Gasteiger charge is -2.23. The van der Waals surface area contributed by atoms with Crippen molar-refractivity contribution in [1.29, 1.82) is 0 Å². The Balaban J connectivity index is 1.96. The summed E-state index contributed by atoms with van der Waals surface area (Å²) in [6, 6.07) is 15.7. The van der Waals surface area contributed by atoms with Crippen LogP contribution in [-0.2, 0) is 6.54 Å². The van der Waals surface area contributed by atoms with Crippen LogP contribution in [0.5, 0.6) is 0 Å². The van der Waals surface area contributed by atoms with Gasteiger partial charge in [-0.1, -0.05) is 44.2 Å². The van der Waals surface area contributed by atoms with Gasteiger partial charge in [0.2, 0.25) is 0 Å². The predicted molar refractivity (Wildman–Crippen MR) is 106 cm³/mol. The minimum absolute atomic E-state index is 0.0270. The summed E-state index contributed by atoms with van der Waals surface area (Å²) < 4.78 is 15.0. The molecule has 3 aromatic rings. The number of hydrogen-bond acceptors (Lipinski definition) is 3. The average molecular weight is 381 g/mol. The molecule has 0 saturated carbocycles. The summed E-state index contributed by atoms with van der Waals surface area (Å²) >= 11 is 0. The first kappa shape index (κ1) is 19.8. The minimum Gasteiger partial charge on any atom is -0.395 e. The van der Waals surface area contributed by atoms with Gasteiger partial charge in [-0.3, -0.25) is 4.79 Å². The highest BCUT2D eigenvalue weighted by Crippen LogP contribution is 2.25. The van der Waals surface area contributed by atoms with Crippen LogP contribution in [0.2, 0.25) is 0 Å². The molecule has 1 heterocycles. The van der Waals surface area contributed by atoms with Crippen LogP contribution in [-0.4, -0.2) is 38.8 Å². The van der Waals surface area contributed by atoms with E-state index in [9.17, 15) is 14.3 Å². The second-order valence-corrected chi connectivity index (χ2v) is 6.92. The summed E-state index contributed by atoms with van der Waals surface area (Å²) in [5.41, 5.74) is 2.93. The number of amides is 1. The molecule has 0 unspecified atom stereocenters. The quantitative estimate of drug-likeness (QED) is 0.678. The van der Waals surface area contributed by atoms with Crippen molar-refractivity contribution in [1.82, 2.24) is 14.7 Å². The number of nitrogens with zero attached hydrogens (tertiary/aromatic N) is 3. The van der Waals surface area contributed by atoms with E-state index in [2.05, 4.69) is 5.10 Å². The van der Waals surface area contributed by atoms with Crippen LogP contribution in [0.1, 0.15) is 41.4 Å². The molecule has 0 fully saturated rings. The van der Waals surface area contributed by atoms with E-state index in [0.29, 0.717) is 17.8 Å². The molecule has 5 nitrogen and oxygen atoms in total. The lowest BCUT2D eigenvalue weighted by molar-refractivity contribution is 0.0706. The molecule has 0 saturated heterocycles. The van der Waals surface area contributed by atoms with Gasteiger partial charge < -0.3 is 10.0 Å². The highest BCUT2D eigenvalue weighted by Gasteiger charge is 2.25. The normalized spacial score (nSPS) is 11.0. The Morgan fingerprint density at radius 1 is 1.14 bits per heavy atom. The number of halogens is 1. The summed E-state index contributed by atoms with van der Waals surface area (Å²) in [6.07, 6.45) is 1.55. The first-order valence-corrected chi connectivity index (χ1v) is 9.29. The van der Waals surface area contributed by atoms with Crippen LogP contribution in [0.3, 0.4) is 0 Å². The van der Waals surface area contributed by atoms with Gasteiger partial charge in [0.25, 0.3) is 5.91 Å². The number of carbonyl (C=O) groups is 1. The molecular weight excluding hydrogens is 357 g/mol. The van der Waals surface area contributed by atoms with Gasteiger partial charge in [-0.15, -0.1) is 0 Å². The van der Waals surface area contributed by atoms with Crippen LogP contribution in [0.25, 0.3) is 5.69 Å². The van der Waals surface area contributed by atoms with Crippen molar-refractivity contribution in [2.24, 2.45) is 0 Å². The number of aromatic nitrogens is 2. The Morgan fingerprint density at radius 3 is 2.43 bits per heavy atom. The molecule has 0 spiro atoms. The minimum atomic E-state index is -0.324. The van der Waals surface area contributed by atoms with Crippen molar-refractivity contribution in [2.45, 2.75) is 26.3 Å². The molecule has 0 aliphatic carbocycles. The molecule has 28 heavy (non-hydrogen) atoms. The van der Waals surface area contributed by atoms with Crippen molar-refractivity contribution in [2.75, 3.05) is 13.2 Å². The number of hydrogen-bond donors (Lipinski definition) is 1. The molecule has 0 aliphatic heterocycles. The van der Waals surface area contributed by atoms with Gasteiger partial charge >= 0.3 is 0 Å². The smallest absolute Gasteiger partial charge is 0.257 e. The highest BCUT2D eigenvalue weighted by atomic mass is 19.1. The fourth-order valence-electron chi connectivity index (χ4n) is 3.21. The molecule has 6 heteroatoms. The van der Waals surface area contributed by atoms with E-state index in [-0.39, 0.29) is 30.8 Å². The molecule has 0 atom stereocenters. The molecule has 3 rings (SSSR count). The third kappa shape index (κ3) is 4.28. The fraction of sp³-hybridized carbons (Fsp3) is 0.273. The Morgan fingerprint density at radius 2 is 1.82 bits per heavy atom. The zero-order chi connectivity index (χ0) is 20.1. The number of aliphatic hydroxyl groups excluding tert-OH is 1. The molecule has 1 aromatic heterocycles. The predicted octanol–water partition coefficient (Wildman–Crippen LogP) is 3.77. The molecule has 146 valence electrons. The van der Waals surface area contributed by atoms with Gasteiger partial charge in [-0.05, 0) is 35.7 Å². The lowest BCUT2D eigenvalue weighted by atomic mass is 10.0. The van der Waals surface area contributed by atoms with Crippen LogP contribution in [0.4, 0.5) is 4.39 Å². The average Bonchev–Trinajstić information content (AvgIpc) is 3.14. The van der Waals surface area contributed by atoms with E-state index in [4.69, 9.17) is 0 Å². The first-order valence-electron chi connectivity index (χ1n) is 9.29. The summed E-state index contributed by atoms with van der Waals surface area (Å²) in [5.74, 6) is -0.482. The second kappa shape index (κ2) is 8.80.